The van der Waals surface area contributed by atoms with E-state index in [1.54, 1.807) is 13.0 Å². The number of aromatic nitrogens is 2. The highest BCUT2D eigenvalue weighted by Crippen LogP contribution is 2.00. The average molecular weight is 136 g/mol. The normalized spacial score (nSPS) is 9.30. The van der Waals surface area contributed by atoms with Crippen LogP contribution < -0.4 is 0 Å². The van der Waals surface area contributed by atoms with Crippen molar-refractivity contribution in [3.8, 4) is 6.07 Å². The molecule has 1 heterocycles. The van der Waals surface area contributed by atoms with Crippen LogP contribution >= 0.6 is 0 Å². The second-order valence-corrected chi connectivity index (χ2v) is 1.91. The molecule has 0 amide bonds. The third-order valence-electron chi connectivity index (χ3n) is 1.14. The average Bonchev–Trinajstić information content (AvgIpc) is 2.30. The van der Waals surface area contributed by atoms with E-state index >= 15 is 0 Å². The van der Waals surface area contributed by atoms with Crippen LogP contribution in [0.15, 0.2) is 6.07 Å². The molecule has 0 aliphatic heterocycles. The van der Waals surface area contributed by atoms with Gasteiger partial charge in [-0.3, -0.25) is 0 Å². The van der Waals surface area contributed by atoms with Gasteiger partial charge in [0.25, 0.3) is 0 Å². The van der Waals surface area contributed by atoms with Gasteiger partial charge in [-0.2, -0.15) is 10.4 Å². The topological polar surface area (TPSA) is 61.5 Å². The summed E-state index contributed by atoms with van der Waals surface area (Å²) in [5, 5.41) is 22.5. The Labute approximate surface area is 58.3 Å². The van der Waals surface area contributed by atoms with Gasteiger partial charge in [-0.1, -0.05) is 0 Å². The molecule has 4 heteroatoms. The van der Waals surface area contributed by atoms with Crippen molar-refractivity contribution in [3.63, 3.8) is 0 Å². The van der Waals surface area contributed by atoms with E-state index in [4.69, 9.17) is 5.26 Å². The highest BCUT2D eigenvalue weighted by molar-refractivity contribution is 5.22. The van der Waals surface area contributed by atoms with Crippen LogP contribution in [0.2, 0.25) is 0 Å². The molecule has 0 fully saturated rings. The number of hydrogen-bond donors (Lipinski definition) is 0. The van der Waals surface area contributed by atoms with Gasteiger partial charge in [0.2, 0.25) is 0 Å². The molecule has 10 heavy (non-hydrogen) atoms. The highest BCUT2D eigenvalue weighted by atomic mass is 16.3. The molecule has 0 aromatic carbocycles. The van der Waals surface area contributed by atoms with Crippen LogP contribution in [0.5, 0.6) is 0 Å². The minimum absolute atomic E-state index is 0.326. The van der Waals surface area contributed by atoms with Crippen molar-refractivity contribution >= 4 is 0 Å². The molecular formula is C6H6N3O. The summed E-state index contributed by atoms with van der Waals surface area (Å²) >= 11 is 0. The quantitative estimate of drug-likeness (QED) is 0.562. The fourth-order valence-corrected chi connectivity index (χ4v) is 0.734. The first-order chi connectivity index (χ1) is 4.77. The summed E-state index contributed by atoms with van der Waals surface area (Å²) in [6.45, 7) is 1.25. The van der Waals surface area contributed by atoms with E-state index in [1.165, 1.54) is 0 Å². The van der Waals surface area contributed by atoms with Crippen molar-refractivity contribution in [3.05, 3.63) is 17.5 Å². The zero-order valence-electron chi connectivity index (χ0n) is 5.53. The van der Waals surface area contributed by atoms with Gasteiger partial charge in [0.15, 0.2) is 6.73 Å². The molecule has 1 aromatic rings. The Hall–Kier alpha value is -1.34. The van der Waals surface area contributed by atoms with E-state index in [2.05, 4.69) is 5.10 Å². The molecule has 1 aromatic heterocycles. The Morgan fingerprint density at radius 3 is 3.00 bits per heavy atom. The minimum Gasteiger partial charge on any atom is -0.225 e. The predicted molar refractivity (Wildman–Crippen MR) is 32.4 cm³/mol. The smallest absolute Gasteiger partial charge is 0.175 e. The lowest BCUT2D eigenvalue weighted by atomic mass is 10.4. The maximum atomic E-state index is 10.3. The van der Waals surface area contributed by atoms with E-state index in [0.29, 0.717) is 11.4 Å². The fraction of sp³-hybridized carbons (Fsp3) is 0.333. The van der Waals surface area contributed by atoms with Gasteiger partial charge in [-0.05, 0) is 13.0 Å². The van der Waals surface area contributed by atoms with Gasteiger partial charge in [-0.15, -0.1) is 0 Å². The maximum Gasteiger partial charge on any atom is 0.175 e. The molecule has 0 aliphatic carbocycles. The van der Waals surface area contributed by atoms with Crippen molar-refractivity contribution in [1.29, 1.82) is 5.26 Å². The number of nitriles is 1. The monoisotopic (exact) mass is 136 g/mol. The predicted octanol–water partition coefficient (Wildman–Crippen LogP) is 0.451. The molecule has 1 radical (unpaired) electrons. The van der Waals surface area contributed by atoms with E-state index < -0.39 is 6.73 Å². The van der Waals surface area contributed by atoms with E-state index in [1.807, 2.05) is 6.07 Å². The Balaban J connectivity index is 3.12. The summed E-state index contributed by atoms with van der Waals surface area (Å²) in [6, 6.07) is 3.45. The Morgan fingerprint density at radius 1 is 1.90 bits per heavy atom. The van der Waals surface area contributed by atoms with Crippen molar-refractivity contribution < 1.29 is 5.11 Å². The Morgan fingerprint density at radius 2 is 2.60 bits per heavy atom. The van der Waals surface area contributed by atoms with Gasteiger partial charge in [0.1, 0.15) is 11.8 Å². The first-order valence-corrected chi connectivity index (χ1v) is 2.80. The summed E-state index contributed by atoms with van der Waals surface area (Å²) < 4.78 is 1.13. The van der Waals surface area contributed by atoms with Crippen LogP contribution in [-0.4, -0.2) is 9.78 Å². The van der Waals surface area contributed by atoms with Crippen molar-refractivity contribution in [1.82, 2.24) is 9.78 Å². The Bertz CT molecular complexity index is 271. The third-order valence-corrected chi connectivity index (χ3v) is 1.14. The minimum atomic E-state index is -0.489. The van der Waals surface area contributed by atoms with Crippen LogP contribution in [0.3, 0.4) is 0 Å². The zero-order valence-corrected chi connectivity index (χ0v) is 5.53. The first kappa shape index (κ1) is 6.78. The third kappa shape index (κ3) is 0.993. The molecule has 51 valence electrons. The van der Waals surface area contributed by atoms with Crippen molar-refractivity contribution in [2.24, 2.45) is 0 Å². The number of nitrogens with zero attached hydrogens (tertiary/aromatic N) is 3. The molecule has 0 saturated carbocycles. The Kier molecular flexibility index (Phi) is 1.69. The second-order valence-electron chi connectivity index (χ2n) is 1.91. The summed E-state index contributed by atoms with van der Waals surface area (Å²) in [4.78, 5) is 0. The summed E-state index contributed by atoms with van der Waals surface area (Å²) in [7, 11) is 0. The second kappa shape index (κ2) is 2.50. The van der Waals surface area contributed by atoms with Gasteiger partial charge in [0.05, 0.1) is 5.69 Å². The molecule has 0 unspecified atom stereocenters. The van der Waals surface area contributed by atoms with Gasteiger partial charge >= 0.3 is 0 Å². The lowest BCUT2D eigenvalue weighted by molar-refractivity contribution is 0.107. The summed E-state index contributed by atoms with van der Waals surface area (Å²) in [5.41, 5.74) is 1.03. The lowest BCUT2D eigenvalue weighted by Gasteiger charge is -1.90. The molecule has 0 atom stereocenters. The highest BCUT2D eigenvalue weighted by Gasteiger charge is 2.01. The van der Waals surface area contributed by atoms with Crippen LogP contribution in [0, 0.1) is 18.3 Å². The van der Waals surface area contributed by atoms with Crippen LogP contribution in [0.4, 0.5) is 0 Å². The fourth-order valence-electron chi connectivity index (χ4n) is 0.734. The first-order valence-electron chi connectivity index (χ1n) is 2.80. The molecule has 0 spiro atoms. The molecule has 0 bridgehead atoms. The van der Waals surface area contributed by atoms with Crippen LogP contribution in [0.1, 0.15) is 11.4 Å². The molecule has 1 rings (SSSR count). The zero-order chi connectivity index (χ0) is 7.56. The van der Waals surface area contributed by atoms with Crippen molar-refractivity contribution in [2.75, 3.05) is 0 Å². The standard InChI is InChI=1S/C6H6N3O/c1-5-2-6(3-7)9(4-10)8-5/h2H,4H2,1H3. The lowest BCUT2D eigenvalue weighted by Crippen LogP contribution is -2.00. The maximum absolute atomic E-state index is 10.3. The molecule has 0 saturated heterocycles. The van der Waals surface area contributed by atoms with Gasteiger partial charge in [-0.25, -0.2) is 9.79 Å². The van der Waals surface area contributed by atoms with Crippen LogP contribution in [0.25, 0.3) is 0 Å². The summed E-state index contributed by atoms with van der Waals surface area (Å²) in [5.74, 6) is 0. The van der Waals surface area contributed by atoms with Crippen molar-refractivity contribution in [2.45, 2.75) is 13.7 Å². The van der Waals surface area contributed by atoms with Gasteiger partial charge in [0, 0.05) is 0 Å². The van der Waals surface area contributed by atoms with Crippen LogP contribution in [-0.2, 0) is 11.8 Å². The number of hydrogen-bond acceptors (Lipinski definition) is 2. The number of aryl methyl sites for hydroxylation is 1. The molecular weight excluding hydrogens is 130 g/mol. The molecule has 0 N–H and O–H groups in total. The SMILES string of the molecule is Cc1cc(C#N)n(C[O])n1. The largest absolute Gasteiger partial charge is 0.225 e. The van der Waals surface area contributed by atoms with E-state index in [9.17, 15) is 5.11 Å². The van der Waals surface area contributed by atoms with E-state index in [-0.39, 0.29) is 0 Å². The molecule has 0 aliphatic rings. The summed E-state index contributed by atoms with van der Waals surface area (Å²) in [6.07, 6.45) is 0. The number of rotatable bonds is 1. The van der Waals surface area contributed by atoms with Gasteiger partial charge < -0.3 is 0 Å². The molecule has 4 nitrogen and oxygen atoms in total. The van der Waals surface area contributed by atoms with E-state index in [0.717, 1.165) is 4.68 Å².